The summed E-state index contributed by atoms with van der Waals surface area (Å²) in [5, 5.41) is 0. The largest absolute Gasteiger partial charge is 0.368 e. The molecule has 1 fully saturated rings. The molecule has 19 heavy (non-hydrogen) atoms. The van der Waals surface area contributed by atoms with E-state index in [4.69, 9.17) is 5.73 Å². The van der Waals surface area contributed by atoms with Crippen molar-refractivity contribution in [2.24, 2.45) is 5.73 Å². The van der Waals surface area contributed by atoms with Crippen LogP contribution in [0.5, 0.6) is 0 Å². The number of anilines is 1. The number of hydrogen-bond donors (Lipinski definition) is 1. The van der Waals surface area contributed by atoms with E-state index in [-0.39, 0.29) is 0 Å². The summed E-state index contributed by atoms with van der Waals surface area (Å²) in [5.41, 5.74) is 5.38. The average Bonchev–Trinajstić information content (AvgIpc) is 2.55. The van der Waals surface area contributed by atoms with Gasteiger partial charge in [0.05, 0.1) is 0 Å². The third-order valence-electron chi connectivity index (χ3n) is 2.87. The van der Waals surface area contributed by atoms with E-state index in [2.05, 4.69) is 0 Å². The van der Waals surface area contributed by atoms with Crippen molar-refractivity contribution in [3.05, 3.63) is 30.1 Å². The van der Waals surface area contributed by atoms with E-state index in [1.165, 1.54) is 36.1 Å². The minimum Gasteiger partial charge on any atom is -0.368 e. The fourth-order valence-electron chi connectivity index (χ4n) is 1.96. The van der Waals surface area contributed by atoms with Crippen LogP contribution in [0.2, 0.25) is 0 Å². The van der Waals surface area contributed by atoms with E-state index in [9.17, 15) is 18.8 Å². The second-order valence-electron chi connectivity index (χ2n) is 4.20. The molecule has 7 heteroatoms. The zero-order chi connectivity index (χ0) is 14.2. The van der Waals surface area contributed by atoms with Gasteiger partial charge in [-0.1, -0.05) is 0 Å². The van der Waals surface area contributed by atoms with Gasteiger partial charge in [-0.3, -0.25) is 19.4 Å². The second-order valence-corrected chi connectivity index (χ2v) is 4.20. The number of carbonyl (C=O) groups excluding carboxylic acids is 3. The van der Waals surface area contributed by atoms with Crippen molar-refractivity contribution in [3.63, 3.8) is 0 Å². The minimum atomic E-state index is -0.769. The van der Waals surface area contributed by atoms with Crippen LogP contribution in [-0.4, -0.2) is 35.3 Å². The van der Waals surface area contributed by atoms with E-state index in [1.807, 2.05) is 0 Å². The smallest absolute Gasteiger partial charge is 0.332 e. The van der Waals surface area contributed by atoms with Gasteiger partial charge in [-0.15, -0.1) is 0 Å². The molecular formula is C12H12FN3O3. The maximum absolute atomic E-state index is 12.9. The van der Waals surface area contributed by atoms with Crippen molar-refractivity contribution in [2.45, 2.75) is 13.0 Å². The Bertz CT molecular complexity index is 544. The quantitative estimate of drug-likeness (QED) is 0.806. The van der Waals surface area contributed by atoms with Gasteiger partial charge in [0.15, 0.2) is 0 Å². The van der Waals surface area contributed by atoms with Crippen LogP contribution in [0.4, 0.5) is 14.9 Å². The number of hydrogen-bond acceptors (Lipinski definition) is 3. The highest BCUT2D eigenvalue weighted by atomic mass is 19.1. The van der Waals surface area contributed by atoms with Crippen molar-refractivity contribution < 1.29 is 18.8 Å². The molecule has 0 radical (unpaired) electrons. The summed E-state index contributed by atoms with van der Waals surface area (Å²) < 4.78 is 12.9. The lowest BCUT2D eigenvalue weighted by Gasteiger charge is -2.19. The number of halogens is 1. The summed E-state index contributed by atoms with van der Waals surface area (Å²) in [5.74, 6) is -1.72. The number of amides is 4. The van der Waals surface area contributed by atoms with Crippen molar-refractivity contribution in [2.75, 3.05) is 11.4 Å². The van der Waals surface area contributed by atoms with Crippen molar-refractivity contribution in [1.82, 2.24) is 4.90 Å². The molecule has 4 amide bonds. The molecule has 1 saturated heterocycles. The average molecular weight is 265 g/mol. The molecule has 1 aromatic rings. The highest BCUT2D eigenvalue weighted by molar-refractivity contribution is 6.15. The fraction of sp³-hybridized carbons (Fsp3) is 0.250. The van der Waals surface area contributed by atoms with Crippen LogP contribution in [0.15, 0.2) is 24.3 Å². The van der Waals surface area contributed by atoms with Crippen molar-refractivity contribution in [1.29, 1.82) is 0 Å². The highest BCUT2D eigenvalue weighted by Crippen LogP contribution is 2.25. The van der Waals surface area contributed by atoms with Gasteiger partial charge >= 0.3 is 6.03 Å². The van der Waals surface area contributed by atoms with Gasteiger partial charge < -0.3 is 5.73 Å². The number of primary amides is 1. The molecule has 0 aliphatic carbocycles. The molecule has 1 heterocycles. The van der Waals surface area contributed by atoms with Crippen LogP contribution in [0.25, 0.3) is 0 Å². The molecule has 1 atom stereocenters. The van der Waals surface area contributed by atoms with E-state index < -0.39 is 36.2 Å². The van der Waals surface area contributed by atoms with Gasteiger partial charge in [-0.05, 0) is 31.2 Å². The Labute approximate surface area is 108 Å². The van der Waals surface area contributed by atoms with Crippen LogP contribution in [0, 0.1) is 5.82 Å². The van der Waals surface area contributed by atoms with Crippen molar-refractivity contribution >= 4 is 23.5 Å². The number of carbonyl (C=O) groups is 3. The Kier molecular flexibility index (Phi) is 3.20. The van der Waals surface area contributed by atoms with Crippen molar-refractivity contribution in [3.8, 4) is 0 Å². The topological polar surface area (TPSA) is 83.7 Å². The molecule has 1 aliphatic rings. The Morgan fingerprint density at radius 3 is 2.42 bits per heavy atom. The molecule has 100 valence electrons. The lowest BCUT2D eigenvalue weighted by atomic mass is 10.2. The molecule has 1 aromatic carbocycles. The first-order chi connectivity index (χ1) is 8.91. The normalized spacial score (nSPS) is 19.2. The number of benzene rings is 1. The molecule has 0 saturated carbocycles. The molecule has 0 bridgehead atoms. The Balaban J connectivity index is 2.32. The summed E-state index contributed by atoms with van der Waals surface area (Å²) in [6.45, 7) is 1.07. The third kappa shape index (κ3) is 2.26. The van der Waals surface area contributed by atoms with E-state index in [1.54, 1.807) is 0 Å². The van der Waals surface area contributed by atoms with Crippen LogP contribution >= 0.6 is 0 Å². The molecule has 0 unspecified atom stereocenters. The molecule has 2 N–H and O–H groups in total. The molecule has 6 nitrogen and oxygen atoms in total. The lowest BCUT2D eigenvalue weighted by Crippen LogP contribution is -2.39. The fourth-order valence-corrected chi connectivity index (χ4v) is 1.96. The monoisotopic (exact) mass is 265 g/mol. The highest BCUT2D eigenvalue weighted by Gasteiger charge is 2.43. The molecule has 1 aliphatic heterocycles. The standard InChI is InChI=1S/C12H12FN3O3/c1-7-11(18)15(6-10(14)17)12(19)16(7)9-4-2-8(13)3-5-9/h2-5,7H,6H2,1H3,(H2,14,17)/t7-/m1/s1. The summed E-state index contributed by atoms with van der Waals surface area (Å²) in [4.78, 5) is 36.8. The Morgan fingerprint density at radius 1 is 1.32 bits per heavy atom. The number of imide groups is 1. The first-order valence-electron chi connectivity index (χ1n) is 5.60. The maximum atomic E-state index is 12.9. The van der Waals surface area contributed by atoms with Crippen LogP contribution in [0.3, 0.4) is 0 Å². The molecule has 0 aromatic heterocycles. The predicted molar refractivity (Wildman–Crippen MR) is 64.6 cm³/mol. The lowest BCUT2D eigenvalue weighted by molar-refractivity contribution is -0.130. The van der Waals surface area contributed by atoms with E-state index >= 15 is 0 Å². The summed E-state index contributed by atoms with van der Waals surface area (Å²) in [6.07, 6.45) is 0. The molecule has 2 rings (SSSR count). The molecular weight excluding hydrogens is 253 g/mol. The number of nitrogens with zero attached hydrogens (tertiary/aromatic N) is 2. The second kappa shape index (κ2) is 4.68. The zero-order valence-corrected chi connectivity index (χ0v) is 10.2. The third-order valence-corrected chi connectivity index (χ3v) is 2.87. The van der Waals surface area contributed by atoms with Gasteiger partial charge in [-0.25, -0.2) is 9.18 Å². The Morgan fingerprint density at radius 2 is 1.89 bits per heavy atom. The predicted octanol–water partition coefficient (Wildman–Crippen LogP) is 0.468. The van der Waals surface area contributed by atoms with E-state index in [0.29, 0.717) is 5.69 Å². The maximum Gasteiger partial charge on any atom is 0.332 e. The van der Waals surface area contributed by atoms with Crippen LogP contribution in [-0.2, 0) is 9.59 Å². The van der Waals surface area contributed by atoms with Gasteiger partial charge in [0, 0.05) is 5.69 Å². The van der Waals surface area contributed by atoms with Crippen LogP contribution < -0.4 is 10.6 Å². The summed E-state index contributed by atoms with van der Waals surface area (Å²) in [6, 6.07) is 3.78. The van der Waals surface area contributed by atoms with Gasteiger partial charge in [-0.2, -0.15) is 0 Å². The number of urea groups is 1. The van der Waals surface area contributed by atoms with Crippen LogP contribution in [0.1, 0.15) is 6.92 Å². The minimum absolute atomic E-state index is 0.388. The van der Waals surface area contributed by atoms with Gasteiger partial charge in [0.2, 0.25) is 5.91 Å². The summed E-state index contributed by atoms with van der Waals surface area (Å²) in [7, 11) is 0. The van der Waals surface area contributed by atoms with E-state index in [0.717, 1.165) is 4.90 Å². The van der Waals surface area contributed by atoms with Gasteiger partial charge in [0.1, 0.15) is 18.4 Å². The molecule has 0 spiro atoms. The SMILES string of the molecule is C[C@@H]1C(=O)N(CC(N)=O)C(=O)N1c1ccc(F)cc1. The first kappa shape index (κ1) is 13.0. The zero-order valence-electron chi connectivity index (χ0n) is 10.2. The number of nitrogens with two attached hydrogens (primary N) is 1. The first-order valence-corrected chi connectivity index (χ1v) is 5.60. The number of rotatable bonds is 3. The Hall–Kier alpha value is -2.44. The van der Waals surface area contributed by atoms with Gasteiger partial charge in [0.25, 0.3) is 5.91 Å². The summed E-state index contributed by atoms with van der Waals surface area (Å²) >= 11 is 0.